The maximum atomic E-state index is 12.9. The zero-order valence-corrected chi connectivity index (χ0v) is 16.9. The van der Waals surface area contributed by atoms with E-state index in [1.165, 1.54) is 4.90 Å². The number of anilines is 2. The molecule has 142 valence electrons. The van der Waals surface area contributed by atoms with Crippen molar-refractivity contribution in [1.29, 1.82) is 0 Å². The van der Waals surface area contributed by atoms with Crippen molar-refractivity contribution in [2.45, 2.75) is 19.8 Å². The molecule has 0 spiro atoms. The molecule has 4 rings (SSSR count). The minimum absolute atomic E-state index is 0.173. The Morgan fingerprint density at radius 2 is 1.79 bits per heavy atom. The summed E-state index contributed by atoms with van der Waals surface area (Å²) in [4.78, 5) is 39.6. The Bertz CT molecular complexity index is 997. The molecule has 0 saturated carbocycles. The summed E-state index contributed by atoms with van der Waals surface area (Å²) in [5.74, 6) is -1.23. The van der Waals surface area contributed by atoms with Gasteiger partial charge < -0.3 is 5.32 Å². The molecule has 1 aliphatic heterocycles. The first-order valence-electron chi connectivity index (χ1n) is 9.14. The molecule has 2 atom stereocenters. The molecule has 1 aliphatic carbocycles. The van der Waals surface area contributed by atoms with Crippen LogP contribution in [0.5, 0.6) is 0 Å². The Balaban J connectivity index is 1.57. The van der Waals surface area contributed by atoms with Gasteiger partial charge in [-0.3, -0.25) is 19.3 Å². The van der Waals surface area contributed by atoms with Gasteiger partial charge >= 0.3 is 0 Å². The highest BCUT2D eigenvalue weighted by Crippen LogP contribution is 2.39. The highest BCUT2D eigenvalue weighted by molar-refractivity contribution is 9.10. The monoisotopic (exact) mass is 438 g/mol. The number of nitrogens with zero attached hydrogens (tertiary/aromatic N) is 1. The summed E-state index contributed by atoms with van der Waals surface area (Å²) < 4.78 is 0.921. The van der Waals surface area contributed by atoms with Crippen molar-refractivity contribution < 1.29 is 14.4 Å². The van der Waals surface area contributed by atoms with Crippen molar-refractivity contribution >= 4 is 45.0 Å². The Kier molecular flexibility index (Phi) is 4.89. The third-order valence-electron chi connectivity index (χ3n) is 5.29. The van der Waals surface area contributed by atoms with Crippen molar-refractivity contribution in [2.24, 2.45) is 11.8 Å². The number of carbonyl (C=O) groups is 3. The molecule has 1 saturated heterocycles. The molecular weight excluding hydrogens is 420 g/mol. The summed E-state index contributed by atoms with van der Waals surface area (Å²) in [5, 5.41) is 2.82. The maximum Gasteiger partial charge on any atom is 0.255 e. The van der Waals surface area contributed by atoms with E-state index in [-0.39, 0.29) is 29.6 Å². The van der Waals surface area contributed by atoms with Crippen LogP contribution in [0.3, 0.4) is 0 Å². The number of hydrogen-bond donors (Lipinski definition) is 1. The van der Waals surface area contributed by atoms with E-state index < -0.39 is 0 Å². The Morgan fingerprint density at radius 3 is 2.54 bits per heavy atom. The number of benzene rings is 2. The van der Waals surface area contributed by atoms with Crippen LogP contribution in [0, 0.1) is 11.8 Å². The molecule has 0 radical (unpaired) electrons. The topological polar surface area (TPSA) is 66.5 Å². The SMILES string of the molecule is CC1=CC[C@H]2C(=O)N(c3cccc(C(=O)Nc4ccc(Br)cc4)c3)C(=O)[C@@H]2C1. The number of imide groups is 1. The van der Waals surface area contributed by atoms with E-state index in [1.807, 2.05) is 25.1 Å². The van der Waals surface area contributed by atoms with E-state index in [0.29, 0.717) is 29.8 Å². The van der Waals surface area contributed by atoms with Gasteiger partial charge in [0.25, 0.3) is 5.91 Å². The molecule has 2 aromatic carbocycles. The van der Waals surface area contributed by atoms with Gasteiger partial charge in [-0.05, 0) is 62.2 Å². The standard InChI is InChI=1S/C22H19BrN2O3/c1-13-5-10-18-19(11-13)22(28)25(21(18)27)17-4-2-3-14(12-17)20(26)24-16-8-6-15(23)7-9-16/h2-9,12,18-19H,10-11H2,1H3,(H,24,26)/t18-,19-/m1/s1. The fourth-order valence-corrected chi connectivity index (χ4v) is 4.08. The van der Waals surface area contributed by atoms with Gasteiger partial charge in [0.05, 0.1) is 17.5 Å². The van der Waals surface area contributed by atoms with Crippen molar-refractivity contribution in [3.05, 3.63) is 70.2 Å². The molecular formula is C22H19BrN2O3. The van der Waals surface area contributed by atoms with Gasteiger partial charge in [0, 0.05) is 15.7 Å². The number of rotatable bonds is 3. The molecule has 5 nitrogen and oxygen atoms in total. The van der Waals surface area contributed by atoms with Gasteiger partial charge in [-0.15, -0.1) is 0 Å². The predicted molar refractivity (Wildman–Crippen MR) is 111 cm³/mol. The summed E-state index contributed by atoms with van der Waals surface area (Å²) in [5.41, 5.74) is 2.65. The second-order valence-electron chi connectivity index (χ2n) is 7.23. The van der Waals surface area contributed by atoms with Crippen LogP contribution in [-0.4, -0.2) is 17.7 Å². The Labute approximate surface area is 171 Å². The molecule has 0 aromatic heterocycles. The lowest BCUT2D eigenvalue weighted by Crippen LogP contribution is -2.31. The van der Waals surface area contributed by atoms with Crippen LogP contribution in [0.25, 0.3) is 0 Å². The lowest BCUT2D eigenvalue weighted by Gasteiger charge is -2.18. The largest absolute Gasteiger partial charge is 0.322 e. The van der Waals surface area contributed by atoms with Crippen LogP contribution in [0.1, 0.15) is 30.1 Å². The molecule has 2 aromatic rings. The lowest BCUT2D eigenvalue weighted by atomic mass is 9.82. The fraction of sp³-hybridized carbons (Fsp3) is 0.227. The van der Waals surface area contributed by atoms with Crippen LogP contribution >= 0.6 is 15.9 Å². The number of allylic oxidation sites excluding steroid dienone is 2. The second-order valence-corrected chi connectivity index (χ2v) is 8.14. The summed E-state index contributed by atoms with van der Waals surface area (Å²) in [6.07, 6.45) is 3.26. The summed E-state index contributed by atoms with van der Waals surface area (Å²) in [6, 6.07) is 13.9. The van der Waals surface area contributed by atoms with E-state index in [4.69, 9.17) is 0 Å². The number of carbonyl (C=O) groups excluding carboxylic acids is 3. The minimum Gasteiger partial charge on any atom is -0.322 e. The highest BCUT2D eigenvalue weighted by Gasteiger charge is 2.48. The van der Waals surface area contributed by atoms with Crippen molar-refractivity contribution in [2.75, 3.05) is 10.2 Å². The van der Waals surface area contributed by atoms with Crippen molar-refractivity contribution in [3.63, 3.8) is 0 Å². The van der Waals surface area contributed by atoms with Gasteiger partial charge in [-0.25, -0.2) is 0 Å². The average molecular weight is 439 g/mol. The minimum atomic E-state index is -0.295. The van der Waals surface area contributed by atoms with Gasteiger partial charge in [0.1, 0.15) is 0 Å². The molecule has 0 bridgehead atoms. The fourth-order valence-electron chi connectivity index (χ4n) is 3.81. The first-order valence-corrected chi connectivity index (χ1v) is 9.94. The quantitative estimate of drug-likeness (QED) is 0.564. The Hall–Kier alpha value is -2.73. The summed E-state index contributed by atoms with van der Waals surface area (Å²) in [7, 11) is 0. The van der Waals surface area contributed by atoms with E-state index in [1.54, 1.807) is 36.4 Å². The molecule has 28 heavy (non-hydrogen) atoms. The van der Waals surface area contributed by atoms with Gasteiger partial charge in [0.2, 0.25) is 11.8 Å². The van der Waals surface area contributed by atoms with Gasteiger partial charge in [-0.2, -0.15) is 0 Å². The predicted octanol–water partition coefficient (Wildman–Crippen LogP) is 4.55. The number of fused-ring (bicyclic) bond motifs is 1. The first kappa shape index (κ1) is 18.6. The van der Waals surface area contributed by atoms with Crippen LogP contribution in [-0.2, 0) is 9.59 Å². The van der Waals surface area contributed by atoms with Gasteiger partial charge in [-0.1, -0.05) is 33.6 Å². The molecule has 6 heteroatoms. The van der Waals surface area contributed by atoms with Crippen LogP contribution < -0.4 is 10.2 Å². The first-order chi connectivity index (χ1) is 13.4. The van der Waals surface area contributed by atoms with Gasteiger partial charge in [0.15, 0.2) is 0 Å². The van der Waals surface area contributed by atoms with Crippen molar-refractivity contribution in [1.82, 2.24) is 0 Å². The lowest BCUT2D eigenvalue weighted by molar-refractivity contribution is -0.122. The van der Waals surface area contributed by atoms with Crippen LogP contribution in [0.4, 0.5) is 11.4 Å². The second kappa shape index (κ2) is 7.36. The average Bonchev–Trinajstić information content (AvgIpc) is 2.93. The molecule has 1 heterocycles. The third-order valence-corrected chi connectivity index (χ3v) is 5.82. The maximum absolute atomic E-state index is 12.9. The molecule has 2 aliphatic rings. The third kappa shape index (κ3) is 3.40. The Morgan fingerprint density at radius 1 is 1.07 bits per heavy atom. The van der Waals surface area contributed by atoms with Crippen LogP contribution in [0.15, 0.2) is 64.7 Å². The molecule has 3 amide bonds. The van der Waals surface area contributed by atoms with Crippen LogP contribution in [0.2, 0.25) is 0 Å². The summed E-state index contributed by atoms with van der Waals surface area (Å²) >= 11 is 3.36. The number of hydrogen-bond acceptors (Lipinski definition) is 3. The highest BCUT2D eigenvalue weighted by atomic mass is 79.9. The molecule has 1 N–H and O–H groups in total. The van der Waals surface area contributed by atoms with E-state index in [2.05, 4.69) is 21.2 Å². The van der Waals surface area contributed by atoms with E-state index in [9.17, 15) is 14.4 Å². The van der Waals surface area contributed by atoms with E-state index >= 15 is 0 Å². The number of amides is 3. The van der Waals surface area contributed by atoms with E-state index in [0.717, 1.165) is 10.0 Å². The number of halogens is 1. The number of nitrogens with one attached hydrogen (secondary N) is 1. The van der Waals surface area contributed by atoms with Crippen molar-refractivity contribution in [3.8, 4) is 0 Å². The summed E-state index contributed by atoms with van der Waals surface area (Å²) in [6.45, 7) is 1.99. The molecule has 1 fully saturated rings. The smallest absolute Gasteiger partial charge is 0.255 e. The normalized spacial score (nSPS) is 21.4. The molecule has 0 unspecified atom stereocenters. The zero-order chi connectivity index (χ0) is 19.8. The zero-order valence-electron chi connectivity index (χ0n) is 15.3.